The number of anilines is 2. The molecule has 1 heterocycles. The molecule has 0 bridgehead atoms. The van der Waals surface area contributed by atoms with E-state index in [1.807, 2.05) is 38.1 Å². The third kappa shape index (κ3) is 4.66. The lowest BCUT2D eigenvalue weighted by molar-refractivity contribution is 0.475. The average molecular weight is 409 g/mol. The van der Waals surface area contributed by atoms with Gasteiger partial charge in [-0.2, -0.15) is 5.26 Å². The lowest BCUT2D eigenvalue weighted by atomic mass is 9.95. The van der Waals surface area contributed by atoms with Crippen molar-refractivity contribution < 1.29 is 5.11 Å². The summed E-state index contributed by atoms with van der Waals surface area (Å²) in [5, 5.41) is 26.1. The van der Waals surface area contributed by atoms with Crippen molar-refractivity contribution in [2.75, 3.05) is 24.2 Å². The number of aliphatic imine (C=N–C) groups is 1. The molecule has 0 saturated carbocycles. The Hall–Kier alpha value is -4.29. The van der Waals surface area contributed by atoms with Crippen LogP contribution in [0, 0.1) is 30.6 Å². The number of phenolic OH excluding ortho intramolecular Hbond substituents is 1. The zero-order chi connectivity index (χ0) is 22.4. The van der Waals surface area contributed by atoms with E-state index in [9.17, 15) is 10.4 Å². The van der Waals surface area contributed by atoms with E-state index >= 15 is 0 Å². The van der Waals surface area contributed by atoms with E-state index < -0.39 is 0 Å². The zero-order valence-corrected chi connectivity index (χ0v) is 17.7. The Morgan fingerprint density at radius 2 is 1.94 bits per heavy atom. The SMILES string of the molecule is C#Cc1c(NC)nc(NCC(C)=Nc2ccccc2C)c(C#N)c1-c1cccc(O)c1. The summed E-state index contributed by atoms with van der Waals surface area (Å²) in [5.41, 5.74) is 4.76. The molecular weight excluding hydrogens is 386 g/mol. The molecule has 0 aliphatic rings. The fourth-order valence-corrected chi connectivity index (χ4v) is 3.24. The number of terminal acetylenes is 1. The van der Waals surface area contributed by atoms with Gasteiger partial charge in [-0.15, -0.1) is 6.42 Å². The highest BCUT2D eigenvalue weighted by molar-refractivity contribution is 5.90. The van der Waals surface area contributed by atoms with Crippen LogP contribution in [0.25, 0.3) is 11.1 Å². The predicted octanol–water partition coefficient (Wildman–Crippen LogP) is 4.86. The number of aromatic hydroxyl groups is 1. The lowest BCUT2D eigenvalue weighted by Gasteiger charge is -2.17. The maximum absolute atomic E-state index is 9.94. The van der Waals surface area contributed by atoms with Gasteiger partial charge >= 0.3 is 0 Å². The molecule has 0 unspecified atom stereocenters. The number of nitrogens with zero attached hydrogens (tertiary/aromatic N) is 3. The third-order valence-corrected chi connectivity index (χ3v) is 4.76. The first-order valence-electron chi connectivity index (χ1n) is 9.74. The van der Waals surface area contributed by atoms with Crippen LogP contribution in [0.5, 0.6) is 5.75 Å². The smallest absolute Gasteiger partial charge is 0.147 e. The molecule has 154 valence electrons. The van der Waals surface area contributed by atoms with Crippen molar-refractivity contribution >= 4 is 23.0 Å². The molecule has 6 heteroatoms. The minimum absolute atomic E-state index is 0.0860. The van der Waals surface area contributed by atoms with Gasteiger partial charge in [0.05, 0.1) is 17.8 Å². The standard InChI is InChI=1S/C25H23N5O/c1-5-20-23(18-10-8-11-19(31)13-18)21(14-26)25(30-24(20)27-4)28-15-17(3)29-22-12-7-6-9-16(22)2/h1,6-13,31H,15H2,2-4H3,(H2,27,28,30). The van der Waals surface area contributed by atoms with Gasteiger partial charge in [-0.3, -0.25) is 4.99 Å². The van der Waals surface area contributed by atoms with E-state index in [0.717, 1.165) is 17.0 Å². The summed E-state index contributed by atoms with van der Waals surface area (Å²) < 4.78 is 0. The first-order valence-corrected chi connectivity index (χ1v) is 9.74. The van der Waals surface area contributed by atoms with Crippen LogP contribution in [0.4, 0.5) is 17.3 Å². The fourth-order valence-electron chi connectivity index (χ4n) is 3.24. The number of para-hydroxylation sites is 1. The molecular formula is C25H23N5O. The van der Waals surface area contributed by atoms with Crippen molar-refractivity contribution in [1.29, 1.82) is 5.26 Å². The van der Waals surface area contributed by atoms with Crippen LogP contribution in [0.3, 0.4) is 0 Å². The Morgan fingerprint density at radius 3 is 2.58 bits per heavy atom. The summed E-state index contributed by atoms with van der Waals surface area (Å²) in [6.07, 6.45) is 5.76. The van der Waals surface area contributed by atoms with Gasteiger partial charge in [0.1, 0.15) is 29.0 Å². The van der Waals surface area contributed by atoms with Gasteiger partial charge in [-0.1, -0.05) is 36.3 Å². The number of benzene rings is 2. The van der Waals surface area contributed by atoms with E-state index in [1.54, 1.807) is 31.3 Å². The van der Waals surface area contributed by atoms with Crippen LogP contribution >= 0.6 is 0 Å². The summed E-state index contributed by atoms with van der Waals surface area (Å²) in [4.78, 5) is 9.19. The van der Waals surface area contributed by atoms with Gasteiger partial charge in [0.25, 0.3) is 0 Å². The molecule has 0 fully saturated rings. The third-order valence-electron chi connectivity index (χ3n) is 4.76. The second-order valence-electron chi connectivity index (χ2n) is 6.98. The van der Waals surface area contributed by atoms with Crippen LogP contribution in [0.2, 0.25) is 0 Å². The Labute approximate surface area is 182 Å². The lowest BCUT2D eigenvalue weighted by Crippen LogP contribution is -2.14. The number of pyridine rings is 1. The van der Waals surface area contributed by atoms with Gasteiger partial charge in [-0.05, 0) is 43.2 Å². The molecule has 3 aromatic rings. The Kier molecular flexibility index (Phi) is 6.54. The summed E-state index contributed by atoms with van der Waals surface area (Å²) in [5.74, 6) is 3.58. The average Bonchev–Trinajstić information content (AvgIpc) is 2.77. The topological polar surface area (TPSA) is 93.3 Å². The minimum Gasteiger partial charge on any atom is -0.508 e. The fraction of sp³-hybridized carbons (Fsp3) is 0.160. The number of aromatic nitrogens is 1. The summed E-state index contributed by atoms with van der Waals surface area (Å²) in [7, 11) is 1.72. The molecule has 0 radical (unpaired) electrons. The van der Waals surface area contributed by atoms with Gasteiger partial charge in [0, 0.05) is 18.3 Å². The number of nitrogens with one attached hydrogen (secondary N) is 2. The zero-order valence-electron chi connectivity index (χ0n) is 17.7. The van der Waals surface area contributed by atoms with Crippen molar-refractivity contribution in [3.05, 3.63) is 65.2 Å². The monoisotopic (exact) mass is 409 g/mol. The molecule has 0 aliphatic carbocycles. The van der Waals surface area contributed by atoms with Crippen molar-refractivity contribution in [1.82, 2.24) is 4.98 Å². The number of nitriles is 1. The van der Waals surface area contributed by atoms with Gasteiger partial charge in [-0.25, -0.2) is 4.98 Å². The maximum atomic E-state index is 9.94. The molecule has 0 atom stereocenters. The van der Waals surface area contributed by atoms with Crippen LogP contribution in [0.1, 0.15) is 23.6 Å². The molecule has 31 heavy (non-hydrogen) atoms. The first kappa shape index (κ1) is 21.4. The second-order valence-corrected chi connectivity index (χ2v) is 6.98. The van der Waals surface area contributed by atoms with Crippen molar-refractivity contribution in [3.8, 4) is 35.3 Å². The van der Waals surface area contributed by atoms with E-state index in [0.29, 0.717) is 40.4 Å². The Morgan fingerprint density at radius 1 is 1.16 bits per heavy atom. The molecule has 3 rings (SSSR count). The predicted molar refractivity (Wildman–Crippen MR) is 126 cm³/mol. The quantitative estimate of drug-likeness (QED) is 0.399. The van der Waals surface area contributed by atoms with Crippen LogP contribution < -0.4 is 10.6 Å². The molecule has 0 spiro atoms. The maximum Gasteiger partial charge on any atom is 0.147 e. The molecule has 6 nitrogen and oxygen atoms in total. The van der Waals surface area contributed by atoms with Crippen LogP contribution in [0.15, 0.2) is 53.5 Å². The molecule has 0 saturated heterocycles. The molecule has 2 aromatic carbocycles. The normalized spacial score (nSPS) is 10.8. The van der Waals surface area contributed by atoms with Crippen molar-refractivity contribution in [2.45, 2.75) is 13.8 Å². The molecule has 3 N–H and O–H groups in total. The van der Waals surface area contributed by atoms with Gasteiger partial charge < -0.3 is 15.7 Å². The van der Waals surface area contributed by atoms with Gasteiger partial charge in [0.2, 0.25) is 0 Å². The van der Waals surface area contributed by atoms with E-state index in [-0.39, 0.29) is 5.75 Å². The number of rotatable bonds is 6. The molecule has 0 aliphatic heterocycles. The summed E-state index contributed by atoms with van der Waals surface area (Å²) >= 11 is 0. The minimum atomic E-state index is 0.0860. The van der Waals surface area contributed by atoms with E-state index in [1.165, 1.54) is 0 Å². The van der Waals surface area contributed by atoms with Crippen LogP contribution in [-0.2, 0) is 0 Å². The number of aryl methyl sites for hydroxylation is 1. The highest BCUT2D eigenvalue weighted by atomic mass is 16.3. The Balaban J connectivity index is 2.05. The number of phenols is 1. The summed E-state index contributed by atoms with van der Waals surface area (Å²) in [6, 6.07) is 16.7. The van der Waals surface area contributed by atoms with E-state index in [4.69, 9.17) is 6.42 Å². The highest BCUT2D eigenvalue weighted by Gasteiger charge is 2.20. The highest BCUT2D eigenvalue weighted by Crippen LogP contribution is 2.36. The van der Waals surface area contributed by atoms with Crippen LogP contribution in [-0.4, -0.2) is 29.4 Å². The number of hydrogen-bond acceptors (Lipinski definition) is 6. The molecule has 1 aromatic heterocycles. The summed E-state index contributed by atoms with van der Waals surface area (Å²) in [6.45, 7) is 4.32. The van der Waals surface area contributed by atoms with E-state index in [2.05, 4.69) is 32.6 Å². The largest absolute Gasteiger partial charge is 0.508 e. The molecule has 0 amide bonds. The van der Waals surface area contributed by atoms with Crippen molar-refractivity contribution in [3.63, 3.8) is 0 Å². The Bertz CT molecular complexity index is 1230. The second kappa shape index (κ2) is 9.47. The van der Waals surface area contributed by atoms with Crippen molar-refractivity contribution in [2.24, 2.45) is 4.99 Å². The number of hydrogen-bond donors (Lipinski definition) is 3. The first-order chi connectivity index (χ1) is 15.0. The van der Waals surface area contributed by atoms with Gasteiger partial charge in [0.15, 0.2) is 0 Å².